The molecule has 0 spiro atoms. The minimum absolute atomic E-state index is 0.0549. The highest BCUT2D eigenvalue weighted by Crippen LogP contribution is 2.33. The maximum absolute atomic E-state index is 13.3. The molecule has 3 aromatic rings. The van der Waals surface area contributed by atoms with E-state index in [0.29, 0.717) is 30.5 Å². The number of fused-ring (bicyclic) bond motifs is 1. The highest BCUT2D eigenvalue weighted by molar-refractivity contribution is 7.22. The predicted molar refractivity (Wildman–Crippen MR) is 115 cm³/mol. The topological polar surface area (TPSA) is 94.8 Å². The van der Waals surface area contributed by atoms with Crippen LogP contribution in [0, 0.1) is 10.1 Å². The number of carbonyl (C=O) groups is 1. The second-order valence-electron chi connectivity index (χ2n) is 6.91. The first-order chi connectivity index (χ1) is 14.5. The molecule has 1 aromatic heterocycles. The van der Waals surface area contributed by atoms with Gasteiger partial charge in [0.05, 0.1) is 34.4 Å². The largest absolute Gasteiger partial charge is 0.494 e. The van der Waals surface area contributed by atoms with E-state index in [1.807, 2.05) is 25.1 Å². The average Bonchev–Trinajstić information content (AvgIpc) is 3.41. The maximum atomic E-state index is 13.3. The molecule has 9 heteroatoms. The van der Waals surface area contributed by atoms with E-state index >= 15 is 0 Å². The fourth-order valence-corrected chi connectivity index (χ4v) is 4.39. The van der Waals surface area contributed by atoms with Crippen molar-refractivity contribution in [2.75, 3.05) is 24.7 Å². The highest BCUT2D eigenvalue weighted by atomic mass is 32.1. The van der Waals surface area contributed by atoms with E-state index in [2.05, 4.69) is 4.98 Å². The Morgan fingerprint density at radius 2 is 2.13 bits per heavy atom. The number of nitrogens with zero attached hydrogens (tertiary/aromatic N) is 3. The number of hydrogen-bond donors (Lipinski definition) is 0. The average molecular weight is 427 g/mol. The number of nitro benzene ring substituents is 1. The fourth-order valence-electron chi connectivity index (χ4n) is 3.39. The van der Waals surface area contributed by atoms with Crippen molar-refractivity contribution in [3.8, 4) is 5.75 Å². The summed E-state index contributed by atoms with van der Waals surface area (Å²) in [6, 6.07) is 11.3. The van der Waals surface area contributed by atoms with Crippen molar-refractivity contribution in [1.82, 2.24) is 4.98 Å². The Balaban J connectivity index is 1.67. The van der Waals surface area contributed by atoms with Gasteiger partial charge in [0.2, 0.25) is 0 Å². The molecular weight excluding hydrogens is 406 g/mol. The summed E-state index contributed by atoms with van der Waals surface area (Å²) in [7, 11) is 0. The third kappa shape index (κ3) is 4.27. The van der Waals surface area contributed by atoms with Crippen LogP contribution in [-0.4, -0.2) is 41.7 Å². The lowest BCUT2D eigenvalue weighted by atomic mass is 10.1. The van der Waals surface area contributed by atoms with Gasteiger partial charge in [0.25, 0.3) is 11.6 Å². The molecule has 1 saturated heterocycles. The third-order valence-electron chi connectivity index (χ3n) is 4.87. The van der Waals surface area contributed by atoms with Crippen molar-refractivity contribution in [2.45, 2.75) is 25.9 Å². The molecule has 1 aliphatic rings. The Hall–Kier alpha value is -3.04. The molecule has 0 N–H and O–H groups in total. The van der Waals surface area contributed by atoms with Crippen LogP contribution in [-0.2, 0) is 4.74 Å². The summed E-state index contributed by atoms with van der Waals surface area (Å²) < 4.78 is 12.2. The molecule has 1 aliphatic heterocycles. The quantitative estimate of drug-likeness (QED) is 0.409. The van der Waals surface area contributed by atoms with E-state index in [0.717, 1.165) is 28.8 Å². The summed E-state index contributed by atoms with van der Waals surface area (Å²) in [5, 5.41) is 11.5. The van der Waals surface area contributed by atoms with Gasteiger partial charge in [-0.25, -0.2) is 4.98 Å². The molecule has 0 saturated carbocycles. The minimum Gasteiger partial charge on any atom is -0.494 e. The van der Waals surface area contributed by atoms with Gasteiger partial charge in [-0.05, 0) is 50.1 Å². The SMILES string of the molecule is CCOc1ccc2nc(N(CC3CCCO3)C(=O)c3ccc([N+](=O)[O-])cc3)sc2c1. The van der Waals surface area contributed by atoms with Crippen molar-refractivity contribution in [3.63, 3.8) is 0 Å². The van der Waals surface area contributed by atoms with E-state index in [9.17, 15) is 14.9 Å². The highest BCUT2D eigenvalue weighted by Gasteiger charge is 2.27. The van der Waals surface area contributed by atoms with Gasteiger partial charge in [-0.1, -0.05) is 11.3 Å². The molecule has 1 fully saturated rings. The first-order valence-corrected chi connectivity index (χ1v) is 10.6. The summed E-state index contributed by atoms with van der Waals surface area (Å²) in [5.74, 6) is 0.497. The number of non-ortho nitro benzene ring substituents is 1. The number of rotatable bonds is 7. The van der Waals surface area contributed by atoms with E-state index in [1.54, 1.807) is 4.90 Å². The molecule has 2 heterocycles. The number of thiazole rings is 1. The van der Waals surface area contributed by atoms with E-state index < -0.39 is 4.92 Å². The van der Waals surface area contributed by atoms with Gasteiger partial charge >= 0.3 is 0 Å². The van der Waals surface area contributed by atoms with Crippen molar-refractivity contribution in [2.24, 2.45) is 0 Å². The number of benzene rings is 2. The van der Waals surface area contributed by atoms with Crippen LogP contribution in [0.5, 0.6) is 5.75 Å². The number of amides is 1. The van der Waals surface area contributed by atoms with Crippen LogP contribution in [0.1, 0.15) is 30.1 Å². The molecule has 4 rings (SSSR count). The minimum atomic E-state index is -0.484. The van der Waals surface area contributed by atoms with Gasteiger partial charge in [0, 0.05) is 24.3 Å². The second-order valence-corrected chi connectivity index (χ2v) is 7.92. The number of nitro groups is 1. The van der Waals surface area contributed by atoms with Gasteiger partial charge in [-0.2, -0.15) is 0 Å². The maximum Gasteiger partial charge on any atom is 0.269 e. The Bertz CT molecular complexity index is 1060. The molecule has 1 unspecified atom stereocenters. The smallest absolute Gasteiger partial charge is 0.269 e. The number of ether oxygens (including phenoxy) is 2. The summed E-state index contributed by atoms with van der Waals surface area (Å²) in [4.78, 5) is 30.0. The molecular formula is C21H21N3O5S. The molecule has 0 radical (unpaired) electrons. The Morgan fingerprint density at radius 3 is 2.80 bits per heavy atom. The van der Waals surface area contributed by atoms with Gasteiger partial charge in [-0.15, -0.1) is 0 Å². The zero-order valence-electron chi connectivity index (χ0n) is 16.4. The van der Waals surface area contributed by atoms with Gasteiger partial charge < -0.3 is 9.47 Å². The lowest BCUT2D eigenvalue weighted by molar-refractivity contribution is -0.384. The Labute approximate surface area is 177 Å². The molecule has 1 amide bonds. The summed E-state index contributed by atoms with van der Waals surface area (Å²) in [6.45, 7) is 3.56. The number of aromatic nitrogens is 1. The summed E-state index contributed by atoms with van der Waals surface area (Å²) >= 11 is 1.41. The van der Waals surface area contributed by atoms with Crippen LogP contribution >= 0.6 is 11.3 Å². The summed E-state index contributed by atoms with van der Waals surface area (Å²) in [5.41, 5.74) is 1.10. The van der Waals surface area contributed by atoms with Crippen LogP contribution in [0.4, 0.5) is 10.8 Å². The monoisotopic (exact) mass is 427 g/mol. The molecule has 156 valence electrons. The number of hydrogen-bond acceptors (Lipinski definition) is 7. The van der Waals surface area contributed by atoms with Crippen LogP contribution < -0.4 is 9.64 Å². The van der Waals surface area contributed by atoms with Crippen molar-refractivity contribution in [1.29, 1.82) is 0 Å². The lowest BCUT2D eigenvalue weighted by Gasteiger charge is -2.23. The second kappa shape index (κ2) is 8.76. The molecule has 0 aliphatic carbocycles. The summed E-state index contributed by atoms with van der Waals surface area (Å²) in [6.07, 6.45) is 1.78. The van der Waals surface area contributed by atoms with Crippen molar-refractivity contribution >= 4 is 38.3 Å². The van der Waals surface area contributed by atoms with E-state index in [1.165, 1.54) is 35.6 Å². The standard InChI is InChI=1S/C21H21N3O5S/c1-2-28-16-9-10-18-19(12-16)30-21(22-18)23(13-17-4-3-11-29-17)20(25)14-5-7-15(8-6-14)24(26)27/h5-10,12,17H,2-4,11,13H2,1H3. The first-order valence-electron chi connectivity index (χ1n) is 9.76. The van der Waals surface area contributed by atoms with Gasteiger partial charge in [-0.3, -0.25) is 19.8 Å². The fraction of sp³-hybridized carbons (Fsp3) is 0.333. The number of carbonyl (C=O) groups excluding carboxylic acids is 1. The van der Waals surface area contributed by atoms with Crippen LogP contribution in [0.25, 0.3) is 10.2 Å². The zero-order chi connectivity index (χ0) is 21.1. The van der Waals surface area contributed by atoms with Crippen LogP contribution in [0.2, 0.25) is 0 Å². The first kappa shape index (κ1) is 20.2. The van der Waals surface area contributed by atoms with Gasteiger partial charge in [0.1, 0.15) is 5.75 Å². The Kier molecular flexibility index (Phi) is 5.91. The molecule has 0 bridgehead atoms. The van der Waals surface area contributed by atoms with E-state index in [-0.39, 0.29) is 17.7 Å². The lowest BCUT2D eigenvalue weighted by Crippen LogP contribution is -2.37. The van der Waals surface area contributed by atoms with Crippen LogP contribution in [0.15, 0.2) is 42.5 Å². The molecule has 8 nitrogen and oxygen atoms in total. The van der Waals surface area contributed by atoms with E-state index in [4.69, 9.17) is 9.47 Å². The number of anilines is 1. The predicted octanol–water partition coefficient (Wildman–Crippen LogP) is 4.43. The van der Waals surface area contributed by atoms with Crippen LogP contribution in [0.3, 0.4) is 0 Å². The molecule has 1 atom stereocenters. The molecule has 30 heavy (non-hydrogen) atoms. The van der Waals surface area contributed by atoms with Crippen molar-refractivity contribution < 1.29 is 19.2 Å². The zero-order valence-corrected chi connectivity index (χ0v) is 17.3. The third-order valence-corrected chi connectivity index (χ3v) is 5.91. The normalized spacial score (nSPS) is 16.0. The Morgan fingerprint density at radius 1 is 1.33 bits per heavy atom. The molecule has 2 aromatic carbocycles. The van der Waals surface area contributed by atoms with Gasteiger partial charge in [0.15, 0.2) is 5.13 Å². The van der Waals surface area contributed by atoms with Crippen molar-refractivity contribution in [3.05, 3.63) is 58.1 Å².